The number of benzene rings is 2. The van der Waals surface area contributed by atoms with E-state index in [-0.39, 0.29) is 18.4 Å². The van der Waals surface area contributed by atoms with Crippen LogP contribution in [0.4, 0.5) is 5.69 Å². The number of para-hydroxylation sites is 1. The van der Waals surface area contributed by atoms with Crippen molar-refractivity contribution in [3.63, 3.8) is 0 Å². The Morgan fingerprint density at radius 2 is 1.88 bits per heavy atom. The number of anilines is 1. The third-order valence-electron chi connectivity index (χ3n) is 3.75. The molecule has 0 aliphatic rings. The summed E-state index contributed by atoms with van der Waals surface area (Å²) < 4.78 is 0. The van der Waals surface area contributed by atoms with Crippen molar-refractivity contribution >= 4 is 51.6 Å². The van der Waals surface area contributed by atoms with Gasteiger partial charge in [-0.25, -0.2) is 0 Å². The number of nitrogens with one attached hydrogen (secondary N) is 2. The fourth-order valence-corrected chi connectivity index (χ4v) is 2.81. The minimum absolute atomic E-state index is 0.0847. The van der Waals surface area contributed by atoms with E-state index in [1.54, 1.807) is 31.4 Å². The fourth-order valence-electron chi connectivity index (χ4n) is 2.52. The predicted octanol–water partition coefficient (Wildman–Crippen LogP) is 4.19. The highest BCUT2D eigenvalue weighted by molar-refractivity contribution is 6.42. The summed E-state index contributed by atoms with van der Waals surface area (Å²) in [6.45, 7) is -0.0847. The molecule has 5 nitrogen and oxygen atoms in total. The van der Waals surface area contributed by atoms with Crippen molar-refractivity contribution in [3.05, 3.63) is 64.3 Å². The quantitative estimate of drug-likeness (QED) is 0.717. The minimum atomic E-state index is -0.325. The summed E-state index contributed by atoms with van der Waals surface area (Å²) in [7, 11) is 1.58. The number of hydrogen-bond acceptors (Lipinski definition) is 2. The molecule has 0 fully saturated rings. The van der Waals surface area contributed by atoms with Crippen molar-refractivity contribution in [1.82, 2.24) is 9.88 Å². The molecule has 0 radical (unpaired) electrons. The third-order valence-corrected chi connectivity index (χ3v) is 4.49. The molecule has 3 aromatic rings. The van der Waals surface area contributed by atoms with E-state index >= 15 is 0 Å². The van der Waals surface area contributed by atoms with E-state index in [0.717, 1.165) is 10.9 Å². The van der Waals surface area contributed by atoms with Crippen molar-refractivity contribution in [3.8, 4) is 0 Å². The largest absolute Gasteiger partial charge is 0.360 e. The SMILES string of the molecule is CN(CC(=O)Nc1ccc(Cl)c(Cl)c1)C(=O)c1c[nH]c2ccccc12. The normalized spacial score (nSPS) is 10.7. The number of likely N-dealkylation sites (N-methyl/N-ethyl adjacent to an activating group) is 1. The first-order valence-electron chi connectivity index (χ1n) is 7.52. The molecule has 2 amide bonds. The molecule has 0 bridgehead atoms. The van der Waals surface area contributed by atoms with E-state index in [1.807, 2.05) is 24.3 Å². The van der Waals surface area contributed by atoms with Crippen molar-refractivity contribution in [2.24, 2.45) is 0 Å². The van der Waals surface area contributed by atoms with Crippen LogP contribution in [0.2, 0.25) is 10.0 Å². The Labute approximate surface area is 154 Å². The number of carbonyl (C=O) groups is 2. The molecule has 25 heavy (non-hydrogen) atoms. The lowest BCUT2D eigenvalue weighted by Crippen LogP contribution is -2.34. The number of aromatic nitrogens is 1. The topological polar surface area (TPSA) is 65.2 Å². The van der Waals surface area contributed by atoms with Crippen LogP contribution in [0.1, 0.15) is 10.4 Å². The van der Waals surface area contributed by atoms with E-state index in [0.29, 0.717) is 21.3 Å². The monoisotopic (exact) mass is 375 g/mol. The smallest absolute Gasteiger partial charge is 0.256 e. The van der Waals surface area contributed by atoms with Crippen LogP contribution >= 0.6 is 23.2 Å². The van der Waals surface area contributed by atoms with Crippen LogP contribution < -0.4 is 5.32 Å². The second kappa shape index (κ2) is 7.17. The van der Waals surface area contributed by atoms with Crippen LogP contribution in [-0.2, 0) is 4.79 Å². The first kappa shape index (κ1) is 17.3. The average molecular weight is 376 g/mol. The number of aromatic amines is 1. The van der Waals surface area contributed by atoms with Crippen molar-refractivity contribution < 1.29 is 9.59 Å². The molecule has 1 aromatic heterocycles. The standard InChI is InChI=1S/C18H15Cl2N3O2/c1-23(10-17(24)22-11-6-7-14(19)15(20)8-11)18(25)13-9-21-16-5-3-2-4-12(13)16/h2-9,21H,10H2,1H3,(H,22,24). The summed E-state index contributed by atoms with van der Waals surface area (Å²) >= 11 is 11.8. The zero-order valence-electron chi connectivity index (χ0n) is 13.3. The maximum atomic E-state index is 12.6. The van der Waals surface area contributed by atoms with Gasteiger partial charge < -0.3 is 15.2 Å². The predicted molar refractivity (Wildman–Crippen MR) is 100 cm³/mol. The Hall–Kier alpha value is -2.50. The van der Waals surface area contributed by atoms with Crippen LogP contribution in [-0.4, -0.2) is 35.3 Å². The van der Waals surface area contributed by atoms with Crippen LogP contribution in [0.3, 0.4) is 0 Å². The lowest BCUT2D eigenvalue weighted by molar-refractivity contribution is -0.116. The Bertz CT molecular complexity index is 952. The molecule has 3 rings (SSSR count). The van der Waals surface area contributed by atoms with Gasteiger partial charge in [-0.15, -0.1) is 0 Å². The molecular formula is C18H15Cl2N3O2. The lowest BCUT2D eigenvalue weighted by atomic mass is 10.1. The number of hydrogen-bond donors (Lipinski definition) is 2. The number of H-pyrrole nitrogens is 1. The van der Waals surface area contributed by atoms with Gasteiger partial charge in [-0.2, -0.15) is 0 Å². The van der Waals surface area contributed by atoms with Crippen molar-refractivity contribution in [2.45, 2.75) is 0 Å². The number of nitrogens with zero attached hydrogens (tertiary/aromatic N) is 1. The Morgan fingerprint density at radius 3 is 2.64 bits per heavy atom. The van der Waals surface area contributed by atoms with Crippen molar-refractivity contribution in [2.75, 3.05) is 18.9 Å². The van der Waals surface area contributed by atoms with Crippen LogP contribution in [0, 0.1) is 0 Å². The molecule has 0 aliphatic heterocycles. The molecule has 0 saturated heterocycles. The molecule has 0 unspecified atom stereocenters. The first-order chi connectivity index (χ1) is 12.0. The number of carbonyl (C=O) groups excluding carboxylic acids is 2. The molecule has 0 atom stereocenters. The molecule has 2 aromatic carbocycles. The highest BCUT2D eigenvalue weighted by atomic mass is 35.5. The first-order valence-corrected chi connectivity index (χ1v) is 8.28. The van der Waals surface area contributed by atoms with Crippen LogP contribution in [0.5, 0.6) is 0 Å². The third kappa shape index (κ3) is 3.78. The fraction of sp³-hybridized carbons (Fsp3) is 0.111. The van der Waals surface area contributed by atoms with Gasteiger partial charge in [-0.1, -0.05) is 41.4 Å². The molecule has 7 heteroatoms. The van der Waals surface area contributed by atoms with E-state index < -0.39 is 0 Å². The number of halogens is 2. The number of fused-ring (bicyclic) bond motifs is 1. The van der Waals surface area contributed by atoms with Gasteiger partial charge in [0.2, 0.25) is 5.91 Å². The lowest BCUT2D eigenvalue weighted by Gasteiger charge is -2.16. The summed E-state index contributed by atoms with van der Waals surface area (Å²) in [4.78, 5) is 29.2. The van der Waals surface area contributed by atoms with Gasteiger partial charge in [0.15, 0.2) is 0 Å². The van der Waals surface area contributed by atoms with Crippen LogP contribution in [0.25, 0.3) is 10.9 Å². The van der Waals surface area contributed by atoms with E-state index in [2.05, 4.69) is 10.3 Å². The maximum absolute atomic E-state index is 12.6. The van der Waals surface area contributed by atoms with Crippen LogP contribution in [0.15, 0.2) is 48.7 Å². The number of amides is 2. The van der Waals surface area contributed by atoms with Gasteiger partial charge in [-0.05, 0) is 24.3 Å². The van der Waals surface area contributed by atoms with Gasteiger partial charge >= 0.3 is 0 Å². The van der Waals surface area contributed by atoms with E-state index in [4.69, 9.17) is 23.2 Å². The Balaban J connectivity index is 1.68. The zero-order valence-corrected chi connectivity index (χ0v) is 14.9. The van der Waals surface area contributed by atoms with Gasteiger partial charge in [-0.3, -0.25) is 9.59 Å². The molecule has 0 spiro atoms. The second-order valence-electron chi connectivity index (χ2n) is 5.59. The van der Waals surface area contributed by atoms with Gasteiger partial charge in [0, 0.05) is 29.8 Å². The molecule has 0 saturated carbocycles. The van der Waals surface area contributed by atoms with Crippen molar-refractivity contribution in [1.29, 1.82) is 0 Å². The van der Waals surface area contributed by atoms with Gasteiger partial charge in [0.25, 0.3) is 5.91 Å². The molecule has 128 valence electrons. The maximum Gasteiger partial charge on any atom is 0.256 e. The molecular weight excluding hydrogens is 361 g/mol. The van der Waals surface area contributed by atoms with E-state index in [9.17, 15) is 9.59 Å². The summed E-state index contributed by atoms with van der Waals surface area (Å²) in [5.41, 5.74) is 1.92. The highest BCUT2D eigenvalue weighted by Crippen LogP contribution is 2.25. The molecule has 1 heterocycles. The summed E-state index contributed by atoms with van der Waals surface area (Å²) in [5.74, 6) is -0.559. The second-order valence-corrected chi connectivity index (χ2v) is 6.40. The number of rotatable bonds is 4. The van der Waals surface area contributed by atoms with Gasteiger partial charge in [0.05, 0.1) is 22.2 Å². The van der Waals surface area contributed by atoms with E-state index in [1.165, 1.54) is 4.90 Å². The Kier molecular flexibility index (Phi) is 4.97. The summed E-state index contributed by atoms with van der Waals surface area (Å²) in [5, 5.41) is 4.28. The summed E-state index contributed by atoms with van der Waals surface area (Å²) in [6, 6.07) is 12.3. The highest BCUT2D eigenvalue weighted by Gasteiger charge is 2.18. The summed E-state index contributed by atoms with van der Waals surface area (Å²) in [6.07, 6.45) is 1.65. The molecule has 0 aliphatic carbocycles. The molecule has 2 N–H and O–H groups in total. The average Bonchev–Trinajstić information content (AvgIpc) is 3.01. The Morgan fingerprint density at radius 1 is 1.12 bits per heavy atom. The zero-order chi connectivity index (χ0) is 18.0. The van der Waals surface area contributed by atoms with Gasteiger partial charge in [0.1, 0.15) is 0 Å². The minimum Gasteiger partial charge on any atom is -0.360 e.